The third-order valence-corrected chi connectivity index (χ3v) is 5.93. The summed E-state index contributed by atoms with van der Waals surface area (Å²) in [6.07, 6.45) is 7.56. The molecule has 0 radical (unpaired) electrons. The number of hydrogen-bond donors (Lipinski definition) is 0. The minimum Gasteiger partial charge on any atom is -0.168 e. The lowest BCUT2D eigenvalue weighted by Crippen LogP contribution is -2.39. The van der Waals surface area contributed by atoms with Gasteiger partial charge in [0, 0.05) is 18.6 Å². The maximum absolute atomic E-state index is 4.51. The normalized spacial score (nSPS) is 18.0. The molecule has 1 aromatic rings. The Hall–Kier alpha value is -1.89. The van der Waals surface area contributed by atoms with Crippen LogP contribution in [0.1, 0.15) is 65.0 Å². The molecule has 24 heavy (non-hydrogen) atoms. The molecular weight excluding hydrogens is 290 g/mol. The van der Waals surface area contributed by atoms with E-state index in [1.165, 1.54) is 28.1 Å². The Morgan fingerprint density at radius 3 is 2.42 bits per heavy atom. The molecule has 0 saturated heterocycles. The van der Waals surface area contributed by atoms with Gasteiger partial charge < -0.3 is 0 Å². The zero-order chi connectivity index (χ0) is 17.9. The molecule has 1 heterocycles. The highest BCUT2D eigenvalue weighted by atomic mass is 15.0. The van der Waals surface area contributed by atoms with Gasteiger partial charge in [0.1, 0.15) is 0 Å². The second kappa shape index (κ2) is 7.34. The smallest absolute Gasteiger partial charge is 0.168 e. The van der Waals surface area contributed by atoms with Crippen molar-refractivity contribution in [1.82, 2.24) is 0 Å². The average Bonchev–Trinajstić information content (AvgIpc) is 2.62. The van der Waals surface area contributed by atoms with E-state index in [1.807, 2.05) is 0 Å². The largest absolute Gasteiger partial charge is 0.191 e. The van der Waals surface area contributed by atoms with Crippen LogP contribution >= 0.6 is 0 Å². The van der Waals surface area contributed by atoms with Crippen molar-refractivity contribution >= 4 is 5.71 Å². The summed E-state index contributed by atoms with van der Waals surface area (Å²) in [5, 5.41) is 0. The Morgan fingerprint density at radius 2 is 1.83 bits per heavy atom. The fraction of sp³-hybridized carbons (Fsp3) is 0.435. The third kappa shape index (κ3) is 2.92. The van der Waals surface area contributed by atoms with Gasteiger partial charge in [-0.1, -0.05) is 52.5 Å². The number of nitrogens with zero attached hydrogens (tertiary/aromatic N) is 1. The van der Waals surface area contributed by atoms with E-state index in [-0.39, 0.29) is 5.41 Å². The lowest BCUT2D eigenvalue weighted by molar-refractivity contribution is -0.415. The Morgan fingerprint density at radius 1 is 1.21 bits per heavy atom. The van der Waals surface area contributed by atoms with E-state index < -0.39 is 0 Å². The van der Waals surface area contributed by atoms with Gasteiger partial charge >= 0.3 is 0 Å². The number of fused-ring (bicyclic) bond motifs is 1. The molecule has 0 spiro atoms. The number of hydrogen-bond acceptors (Lipinski definition) is 0. The summed E-state index contributed by atoms with van der Waals surface area (Å²) in [4.78, 5) is 0. The molecule has 0 amide bonds. The third-order valence-electron chi connectivity index (χ3n) is 5.93. The second-order valence-electron chi connectivity index (χ2n) is 6.94. The van der Waals surface area contributed by atoms with Crippen molar-refractivity contribution in [2.45, 2.75) is 59.3 Å². The van der Waals surface area contributed by atoms with Crippen LogP contribution in [0.25, 0.3) is 0 Å². The summed E-state index contributed by atoms with van der Waals surface area (Å²) in [7, 11) is 0. The predicted molar refractivity (Wildman–Crippen MR) is 106 cm³/mol. The van der Waals surface area contributed by atoms with Gasteiger partial charge in [0.25, 0.3) is 0 Å². The first-order valence-corrected chi connectivity index (χ1v) is 9.21. The molecule has 0 aliphatic carbocycles. The lowest BCUT2D eigenvalue weighted by Gasteiger charge is -2.35. The molecule has 1 aromatic carbocycles. The van der Waals surface area contributed by atoms with E-state index in [2.05, 4.69) is 88.9 Å². The molecule has 1 unspecified atom stereocenters. The molecule has 1 nitrogen and oxygen atoms in total. The second-order valence-corrected chi connectivity index (χ2v) is 6.94. The van der Waals surface area contributed by atoms with Crippen LogP contribution in [-0.4, -0.2) is 10.3 Å². The molecule has 2 rings (SSSR count). The SMILES string of the molecule is C=C(C=C[N+]1=C(C)c2ccccc2C(CC)(CC)C1=C)C(C)CC. The van der Waals surface area contributed by atoms with Gasteiger partial charge in [-0.05, 0) is 49.0 Å². The standard InChI is InChI=1S/C23H32N/c1-8-17(4)18(5)15-16-24-19(6)21-13-11-12-14-22(21)23(9-2,10-3)20(24)7/h11-17H,5,7-10H2,1-4,6H3/q+1. The van der Waals surface area contributed by atoms with E-state index in [9.17, 15) is 0 Å². The van der Waals surface area contributed by atoms with Crippen LogP contribution < -0.4 is 0 Å². The summed E-state index contributed by atoms with van der Waals surface area (Å²) < 4.78 is 2.28. The van der Waals surface area contributed by atoms with Crippen molar-refractivity contribution in [3.8, 4) is 0 Å². The minimum absolute atomic E-state index is 0.0121. The van der Waals surface area contributed by atoms with Gasteiger partial charge in [0.05, 0.1) is 5.41 Å². The maximum atomic E-state index is 4.51. The lowest BCUT2D eigenvalue weighted by atomic mass is 9.69. The Labute approximate surface area is 148 Å². The summed E-state index contributed by atoms with van der Waals surface area (Å²) in [5.74, 6) is 0.508. The molecule has 1 aliphatic rings. The van der Waals surface area contributed by atoms with Crippen LogP contribution in [-0.2, 0) is 5.41 Å². The Kier molecular flexibility index (Phi) is 5.64. The fourth-order valence-electron chi connectivity index (χ4n) is 3.77. The van der Waals surface area contributed by atoms with Gasteiger partial charge in [-0.2, -0.15) is 4.58 Å². The van der Waals surface area contributed by atoms with E-state index in [4.69, 9.17) is 0 Å². The first-order chi connectivity index (χ1) is 11.4. The van der Waals surface area contributed by atoms with Crippen molar-refractivity contribution in [1.29, 1.82) is 0 Å². The maximum Gasteiger partial charge on any atom is 0.191 e. The molecule has 1 atom stereocenters. The minimum atomic E-state index is 0.0121. The summed E-state index contributed by atoms with van der Waals surface area (Å²) in [6.45, 7) is 19.9. The van der Waals surface area contributed by atoms with Crippen LogP contribution in [0.2, 0.25) is 0 Å². The molecule has 1 aliphatic heterocycles. The zero-order valence-electron chi connectivity index (χ0n) is 16.0. The van der Waals surface area contributed by atoms with Crippen molar-refractivity contribution in [2.75, 3.05) is 0 Å². The first kappa shape index (κ1) is 18.4. The molecular formula is C23H32N+. The van der Waals surface area contributed by atoms with E-state index in [1.54, 1.807) is 0 Å². The Balaban J connectivity index is 2.58. The fourth-order valence-corrected chi connectivity index (χ4v) is 3.77. The number of rotatable bonds is 6. The van der Waals surface area contributed by atoms with Gasteiger partial charge in [0.15, 0.2) is 17.6 Å². The number of benzene rings is 1. The van der Waals surface area contributed by atoms with Crippen LogP contribution in [0, 0.1) is 5.92 Å². The summed E-state index contributed by atoms with van der Waals surface area (Å²) in [5.41, 5.74) is 6.38. The van der Waals surface area contributed by atoms with Crippen molar-refractivity contribution in [2.24, 2.45) is 5.92 Å². The first-order valence-electron chi connectivity index (χ1n) is 9.21. The highest BCUT2D eigenvalue weighted by Crippen LogP contribution is 2.43. The molecule has 0 saturated carbocycles. The molecule has 0 fully saturated rings. The monoisotopic (exact) mass is 322 g/mol. The highest BCUT2D eigenvalue weighted by Gasteiger charge is 2.44. The van der Waals surface area contributed by atoms with Gasteiger partial charge in [-0.3, -0.25) is 0 Å². The summed E-state index contributed by atoms with van der Waals surface area (Å²) in [6, 6.07) is 8.79. The predicted octanol–water partition coefficient (Wildman–Crippen LogP) is 6.21. The topological polar surface area (TPSA) is 3.01 Å². The van der Waals surface area contributed by atoms with Crippen molar-refractivity contribution < 1.29 is 4.58 Å². The molecule has 0 N–H and O–H groups in total. The van der Waals surface area contributed by atoms with E-state index >= 15 is 0 Å². The van der Waals surface area contributed by atoms with E-state index in [0.29, 0.717) is 5.92 Å². The van der Waals surface area contributed by atoms with Crippen LogP contribution in [0.4, 0.5) is 0 Å². The van der Waals surface area contributed by atoms with Crippen LogP contribution in [0.15, 0.2) is 61.0 Å². The highest BCUT2D eigenvalue weighted by molar-refractivity contribution is 5.98. The summed E-state index contributed by atoms with van der Waals surface area (Å²) >= 11 is 0. The quantitative estimate of drug-likeness (QED) is 0.433. The van der Waals surface area contributed by atoms with Crippen molar-refractivity contribution in [3.05, 3.63) is 72.1 Å². The van der Waals surface area contributed by atoms with Crippen molar-refractivity contribution in [3.63, 3.8) is 0 Å². The molecule has 128 valence electrons. The molecule has 1 heteroatoms. The average molecular weight is 323 g/mol. The molecule has 0 bridgehead atoms. The van der Waals surface area contributed by atoms with Gasteiger partial charge in [-0.25, -0.2) is 0 Å². The molecule has 0 aromatic heterocycles. The number of allylic oxidation sites excluding steroid dienone is 3. The Bertz CT molecular complexity index is 699. The van der Waals surface area contributed by atoms with Gasteiger partial charge in [-0.15, -0.1) is 0 Å². The van der Waals surface area contributed by atoms with Gasteiger partial charge in [0.2, 0.25) is 0 Å². The zero-order valence-corrected chi connectivity index (χ0v) is 16.0. The van der Waals surface area contributed by atoms with Crippen LogP contribution in [0.3, 0.4) is 0 Å². The van der Waals surface area contributed by atoms with E-state index in [0.717, 1.165) is 19.3 Å². The van der Waals surface area contributed by atoms with Crippen LogP contribution in [0.5, 0.6) is 0 Å².